The number of para-hydroxylation sites is 2. The molecular formula is C12H13N3O2S. The summed E-state index contributed by atoms with van der Waals surface area (Å²) in [6, 6.07) is 7.82. The average Bonchev–Trinajstić information content (AvgIpc) is 2.87. The molecule has 0 radical (unpaired) electrons. The Kier molecular flexibility index (Phi) is 3.10. The molecule has 6 heteroatoms. The number of benzene rings is 1. The summed E-state index contributed by atoms with van der Waals surface area (Å²) >= 11 is 1.66. The molecule has 1 N–H and O–H groups in total. The minimum Gasteiger partial charge on any atom is -0.477 e. The van der Waals surface area contributed by atoms with Crippen molar-refractivity contribution in [3.8, 4) is 5.75 Å². The van der Waals surface area contributed by atoms with E-state index in [2.05, 4.69) is 15.5 Å². The predicted octanol–water partition coefficient (Wildman–Crippen LogP) is 2.48. The monoisotopic (exact) mass is 263 g/mol. The van der Waals surface area contributed by atoms with Crippen molar-refractivity contribution in [2.24, 2.45) is 0 Å². The van der Waals surface area contributed by atoms with Crippen LogP contribution in [-0.2, 0) is 5.75 Å². The maximum atomic E-state index is 5.84. The minimum absolute atomic E-state index is 0.219. The normalized spacial score (nSPS) is 17.7. The van der Waals surface area contributed by atoms with Gasteiger partial charge in [0.2, 0.25) is 0 Å². The van der Waals surface area contributed by atoms with E-state index in [0.717, 1.165) is 17.2 Å². The number of nitrogens with zero attached hydrogens (tertiary/aromatic N) is 2. The topological polar surface area (TPSA) is 60.2 Å². The Morgan fingerprint density at radius 3 is 3.22 bits per heavy atom. The van der Waals surface area contributed by atoms with E-state index >= 15 is 0 Å². The van der Waals surface area contributed by atoms with Crippen molar-refractivity contribution >= 4 is 17.4 Å². The average molecular weight is 263 g/mol. The molecule has 1 aromatic carbocycles. The van der Waals surface area contributed by atoms with Crippen LogP contribution in [0.25, 0.3) is 0 Å². The van der Waals surface area contributed by atoms with Crippen molar-refractivity contribution in [1.29, 1.82) is 0 Å². The smallest absolute Gasteiger partial charge is 0.269 e. The van der Waals surface area contributed by atoms with Crippen LogP contribution in [0, 0.1) is 0 Å². The van der Waals surface area contributed by atoms with Gasteiger partial charge in [-0.3, -0.25) is 0 Å². The molecule has 94 valence electrons. The third-order valence-corrected chi connectivity index (χ3v) is 3.21. The Morgan fingerprint density at radius 2 is 2.33 bits per heavy atom. The van der Waals surface area contributed by atoms with Crippen molar-refractivity contribution in [3.05, 3.63) is 36.0 Å². The Balaban J connectivity index is 1.78. The van der Waals surface area contributed by atoms with Crippen LogP contribution in [0.3, 0.4) is 0 Å². The van der Waals surface area contributed by atoms with E-state index < -0.39 is 0 Å². The van der Waals surface area contributed by atoms with Gasteiger partial charge in [0.05, 0.1) is 18.0 Å². The first kappa shape index (κ1) is 11.4. The molecule has 1 aliphatic heterocycles. The molecule has 0 bridgehead atoms. The molecule has 3 rings (SSSR count). The molecule has 0 spiro atoms. The summed E-state index contributed by atoms with van der Waals surface area (Å²) < 4.78 is 11.1. The maximum Gasteiger partial charge on any atom is 0.269 e. The van der Waals surface area contributed by atoms with E-state index in [-0.39, 0.29) is 6.10 Å². The number of anilines is 1. The quantitative estimate of drug-likeness (QED) is 0.918. The molecule has 2 heterocycles. The van der Waals surface area contributed by atoms with E-state index in [1.807, 2.05) is 30.5 Å². The third kappa shape index (κ3) is 2.15. The van der Waals surface area contributed by atoms with Gasteiger partial charge in [-0.1, -0.05) is 17.3 Å². The summed E-state index contributed by atoms with van der Waals surface area (Å²) in [5, 5.41) is 7.22. The first-order chi connectivity index (χ1) is 8.86. The number of aromatic nitrogens is 2. The summed E-state index contributed by atoms with van der Waals surface area (Å²) in [6.45, 7) is 0.637. The van der Waals surface area contributed by atoms with Crippen LogP contribution in [0.15, 0.2) is 28.8 Å². The molecular weight excluding hydrogens is 250 g/mol. The van der Waals surface area contributed by atoms with Crippen LogP contribution in [0.5, 0.6) is 5.75 Å². The zero-order valence-electron chi connectivity index (χ0n) is 9.92. The van der Waals surface area contributed by atoms with Crippen molar-refractivity contribution in [1.82, 2.24) is 10.1 Å². The Morgan fingerprint density at radius 1 is 1.44 bits per heavy atom. The predicted molar refractivity (Wildman–Crippen MR) is 69.8 cm³/mol. The van der Waals surface area contributed by atoms with Crippen molar-refractivity contribution in [2.75, 3.05) is 18.1 Å². The minimum atomic E-state index is -0.219. The van der Waals surface area contributed by atoms with Gasteiger partial charge in [-0.2, -0.15) is 16.7 Å². The summed E-state index contributed by atoms with van der Waals surface area (Å²) in [4.78, 5) is 4.33. The molecule has 0 aliphatic carbocycles. The fourth-order valence-corrected chi connectivity index (χ4v) is 2.21. The Bertz CT molecular complexity index is 544. The lowest BCUT2D eigenvalue weighted by atomic mass is 10.2. The standard InChI is InChI=1S/C12H13N3O2S/c1-18-7-11-14-12(17-15-11)10-6-13-8-4-2-3-5-9(8)16-10/h2-5,10,13H,6-7H2,1H3. The number of thioether (sulfide) groups is 1. The highest BCUT2D eigenvalue weighted by molar-refractivity contribution is 7.97. The second-order valence-electron chi connectivity index (χ2n) is 3.97. The van der Waals surface area contributed by atoms with Gasteiger partial charge in [0.1, 0.15) is 5.75 Å². The highest BCUT2D eigenvalue weighted by Crippen LogP contribution is 2.33. The summed E-state index contributed by atoms with van der Waals surface area (Å²) in [5.41, 5.74) is 0.998. The maximum absolute atomic E-state index is 5.84. The first-order valence-electron chi connectivity index (χ1n) is 5.68. The lowest BCUT2D eigenvalue weighted by molar-refractivity contribution is 0.163. The van der Waals surface area contributed by atoms with Crippen molar-refractivity contribution in [2.45, 2.75) is 11.9 Å². The number of hydrogen-bond acceptors (Lipinski definition) is 6. The van der Waals surface area contributed by atoms with Gasteiger partial charge < -0.3 is 14.6 Å². The molecule has 0 saturated carbocycles. The SMILES string of the molecule is CSCc1noc(C2CNc3ccccc3O2)n1. The van der Waals surface area contributed by atoms with E-state index in [1.165, 1.54) is 0 Å². The van der Waals surface area contributed by atoms with Gasteiger partial charge in [0, 0.05) is 0 Å². The molecule has 2 aromatic rings. The fraction of sp³-hybridized carbons (Fsp3) is 0.333. The molecule has 1 aromatic heterocycles. The van der Waals surface area contributed by atoms with Crippen LogP contribution in [0.1, 0.15) is 17.8 Å². The van der Waals surface area contributed by atoms with Gasteiger partial charge >= 0.3 is 0 Å². The van der Waals surface area contributed by atoms with Crippen molar-refractivity contribution < 1.29 is 9.26 Å². The molecule has 18 heavy (non-hydrogen) atoms. The molecule has 5 nitrogen and oxygen atoms in total. The second kappa shape index (κ2) is 4.89. The number of ether oxygens (including phenoxy) is 1. The van der Waals surface area contributed by atoms with Crippen molar-refractivity contribution in [3.63, 3.8) is 0 Å². The van der Waals surface area contributed by atoms with Crippen LogP contribution in [0.4, 0.5) is 5.69 Å². The Hall–Kier alpha value is -1.69. The molecule has 0 saturated heterocycles. The van der Waals surface area contributed by atoms with Crippen LogP contribution in [-0.4, -0.2) is 22.9 Å². The van der Waals surface area contributed by atoms with Crippen LogP contribution in [0.2, 0.25) is 0 Å². The number of fused-ring (bicyclic) bond motifs is 1. The largest absolute Gasteiger partial charge is 0.477 e. The fourth-order valence-electron chi connectivity index (χ4n) is 1.84. The molecule has 0 amide bonds. The zero-order chi connectivity index (χ0) is 12.4. The molecule has 1 atom stereocenters. The first-order valence-corrected chi connectivity index (χ1v) is 7.07. The third-order valence-electron chi connectivity index (χ3n) is 2.67. The Labute approximate surface area is 109 Å². The van der Waals surface area contributed by atoms with Gasteiger partial charge in [-0.15, -0.1) is 0 Å². The number of rotatable bonds is 3. The van der Waals surface area contributed by atoms with E-state index in [9.17, 15) is 0 Å². The molecule has 0 fully saturated rings. The molecule has 1 unspecified atom stereocenters. The summed E-state index contributed by atoms with van der Waals surface area (Å²) in [6.07, 6.45) is 1.79. The lowest BCUT2D eigenvalue weighted by Crippen LogP contribution is -2.23. The van der Waals surface area contributed by atoms with Gasteiger partial charge in [0.15, 0.2) is 11.9 Å². The molecule has 1 aliphatic rings. The van der Waals surface area contributed by atoms with Gasteiger partial charge in [-0.25, -0.2) is 0 Å². The van der Waals surface area contributed by atoms with Crippen LogP contribution >= 0.6 is 11.8 Å². The zero-order valence-corrected chi connectivity index (χ0v) is 10.7. The van der Waals surface area contributed by atoms with E-state index in [1.54, 1.807) is 11.8 Å². The van der Waals surface area contributed by atoms with E-state index in [0.29, 0.717) is 18.3 Å². The highest BCUT2D eigenvalue weighted by Gasteiger charge is 2.25. The van der Waals surface area contributed by atoms with Crippen LogP contribution < -0.4 is 10.1 Å². The van der Waals surface area contributed by atoms with Gasteiger partial charge in [0.25, 0.3) is 5.89 Å². The highest BCUT2D eigenvalue weighted by atomic mass is 32.2. The summed E-state index contributed by atoms with van der Waals surface area (Å²) in [5.74, 6) is 2.81. The second-order valence-corrected chi connectivity index (χ2v) is 4.83. The van der Waals surface area contributed by atoms with Gasteiger partial charge in [-0.05, 0) is 18.4 Å². The number of nitrogens with one attached hydrogen (secondary N) is 1. The summed E-state index contributed by atoms with van der Waals surface area (Å²) in [7, 11) is 0. The number of hydrogen-bond donors (Lipinski definition) is 1. The lowest BCUT2D eigenvalue weighted by Gasteiger charge is -2.24. The van der Waals surface area contributed by atoms with E-state index in [4.69, 9.17) is 9.26 Å².